The summed E-state index contributed by atoms with van der Waals surface area (Å²) in [6.07, 6.45) is 0. The van der Waals surface area contributed by atoms with Crippen molar-refractivity contribution in [3.8, 4) is 5.75 Å². The lowest BCUT2D eigenvalue weighted by Crippen LogP contribution is -2.05. The van der Waals surface area contributed by atoms with Gasteiger partial charge in [-0.15, -0.1) is 0 Å². The molecule has 0 fully saturated rings. The van der Waals surface area contributed by atoms with Gasteiger partial charge in [0, 0.05) is 19.2 Å². The molecule has 0 atom stereocenters. The Kier molecular flexibility index (Phi) is 4.57. The number of ether oxygens (including phenoxy) is 1. The molecule has 0 aliphatic carbocycles. The molecule has 0 unspecified atom stereocenters. The predicted octanol–water partition coefficient (Wildman–Crippen LogP) is 4.43. The zero-order valence-corrected chi connectivity index (χ0v) is 13.7. The zero-order chi connectivity index (χ0) is 14.0. The molecule has 2 aromatic carbocycles. The molecule has 0 aliphatic rings. The number of ketones is 1. The highest BCUT2D eigenvalue weighted by Crippen LogP contribution is 2.26. The Labute approximate surface area is 132 Å². The number of methoxy groups -OCH3 is 1. The van der Waals surface area contributed by atoms with Gasteiger partial charge >= 0.3 is 0 Å². The molecule has 0 aromatic heterocycles. The van der Waals surface area contributed by atoms with Crippen molar-refractivity contribution in [3.63, 3.8) is 0 Å². The quantitative estimate of drug-likeness (QED) is 0.527. The smallest absolute Gasteiger partial charge is 0.195 e. The highest BCUT2D eigenvalue weighted by Gasteiger charge is 2.16. The average Bonchev–Trinajstić information content (AvgIpc) is 2.37. The lowest BCUT2D eigenvalue weighted by Gasteiger charge is -2.08. The highest BCUT2D eigenvalue weighted by molar-refractivity contribution is 14.1. The number of hydrogen-bond donors (Lipinski definition) is 0. The number of halogens is 3. The van der Waals surface area contributed by atoms with Crippen molar-refractivity contribution in [2.24, 2.45) is 0 Å². The summed E-state index contributed by atoms with van der Waals surface area (Å²) in [5.41, 5.74) is 0.998. The van der Waals surface area contributed by atoms with Gasteiger partial charge in [-0.1, -0.05) is 0 Å². The molecule has 2 rings (SSSR count). The van der Waals surface area contributed by atoms with Crippen LogP contribution in [0.15, 0.2) is 40.9 Å². The minimum absolute atomic E-state index is 0.154. The minimum atomic E-state index is -0.352. The van der Waals surface area contributed by atoms with Crippen molar-refractivity contribution in [2.75, 3.05) is 7.11 Å². The molecular weight excluding hydrogens is 426 g/mol. The van der Waals surface area contributed by atoms with Crippen molar-refractivity contribution in [1.29, 1.82) is 0 Å². The summed E-state index contributed by atoms with van der Waals surface area (Å²) in [6.45, 7) is 0. The fourth-order valence-corrected chi connectivity index (χ4v) is 2.89. The molecule has 0 amide bonds. The Balaban J connectivity index is 2.44. The molecule has 0 saturated heterocycles. The van der Waals surface area contributed by atoms with Crippen LogP contribution in [0.3, 0.4) is 0 Å². The van der Waals surface area contributed by atoms with Gasteiger partial charge in [-0.3, -0.25) is 4.79 Å². The third-order valence-electron chi connectivity index (χ3n) is 2.60. The van der Waals surface area contributed by atoms with Crippen LogP contribution in [-0.2, 0) is 0 Å². The molecule has 0 heterocycles. The number of carbonyl (C=O) groups excluding carboxylic acids is 1. The largest absolute Gasteiger partial charge is 0.497 e. The molecule has 0 radical (unpaired) electrons. The van der Waals surface area contributed by atoms with Crippen LogP contribution in [-0.4, -0.2) is 12.9 Å². The first-order chi connectivity index (χ1) is 9.02. The van der Waals surface area contributed by atoms with Gasteiger partial charge in [0.1, 0.15) is 11.6 Å². The van der Waals surface area contributed by atoms with Crippen LogP contribution in [0.2, 0.25) is 0 Å². The van der Waals surface area contributed by atoms with Crippen molar-refractivity contribution in [2.45, 2.75) is 0 Å². The molecule has 98 valence electrons. The summed E-state index contributed by atoms with van der Waals surface area (Å²) >= 11 is 5.30. The molecule has 0 spiro atoms. The number of hydrogen-bond acceptors (Lipinski definition) is 2. The van der Waals surface area contributed by atoms with E-state index < -0.39 is 0 Å². The van der Waals surface area contributed by atoms with Crippen LogP contribution in [0.1, 0.15) is 15.9 Å². The monoisotopic (exact) mass is 434 g/mol. The van der Waals surface area contributed by atoms with Crippen LogP contribution in [0.5, 0.6) is 5.75 Å². The van der Waals surface area contributed by atoms with E-state index in [1.165, 1.54) is 18.2 Å². The van der Waals surface area contributed by atoms with E-state index in [-0.39, 0.29) is 11.6 Å². The van der Waals surface area contributed by atoms with Gasteiger partial charge in [-0.05, 0) is 74.9 Å². The van der Waals surface area contributed by atoms with Crippen molar-refractivity contribution >= 4 is 44.3 Å². The Hall–Kier alpha value is -0.950. The molecule has 0 bridgehead atoms. The first-order valence-electron chi connectivity index (χ1n) is 5.36. The highest BCUT2D eigenvalue weighted by atomic mass is 127. The van der Waals surface area contributed by atoms with Crippen LogP contribution in [0, 0.1) is 9.39 Å². The second-order valence-corrected chi connectivity index (χ2v) is 5.82. The molecule has 0 saturated carbocycles. The van der Waals surface area contributed by atoms with Gasteiger partial charge in [0.25, 0.3) is 0 Å². The van der Waals surface area contributed by atoms with Gasteiger partial charge in [0.2, 0.25) is 0 Å². The topological polar surface area (TPSA) is 26.3 Å². The number of carbonyl (C=O) groups is 1. The standard InChI is InChI=1S/C14H9BrFIO2/c1-19-9-3-5-10(12(15)7-9)14(18)11-4-2-8(16)6-13(11)17/h2-7H,1H3. The van der Waals surface area contributed by atoms with Gasteiger partial charge in [-0.2, -0.15) is 0 Å². The number of rotatable bonds is 3. The van der Waals surface area contributed by atoms with E-state index in [2.05, 4.69) is 15.9 Å². The Morgan fingerprint density at radius 1 is 1.21 bits per heavy atom. The third-order valence-corrected chi connectivity index (χ3v) is 4.15. The Morgan fingerprint density at radius 2 is 1.89 bits per heavy atom. The lowest BCUT2D eigenvalue weighted by atomic mass is 10.0. The van der Waals surface area contributed by atoms with Crippen molar-refractivity contribution < 1.29 is 13.9 Å². The van der Waals surface area contributed by atoms with Crippen molar-refractivity contribution in [1.82, 2.24) is 0 Å². The summed E-state index contributed by atoms with van der Waals surface area (Å²) in [5, 5.41) is 0. The van der Waals surface area contributed by atoms with Gasteiger partial charge in [0.05, 0.1) is 7.11 Å². The minimum Gasteiger partial charge on any atom is -0.497 e. The fraction of sp³-hybridized carbons (Fsp3) is 0.0714. The molecule has 19 heavy (non-hydrogen) atoms. The van der Waals surface area contributed by atoms with Crippen LogP contribution in [0.4, 0.5) is 4.39 Å². The van der Waals surface area contributed by atoms with E-state index in [9.17, 15) is 9.18 Å². The maximum atomic E-state index is 13.0. The Morgan fingerprint density at radius 3 is 2.47 bits per heavy atom. The number of benzene rings is 2. The summed E-state index contributed by atoms with van der Waals surface area (Å²) < 4.78 is 19.4. The fourth-order valence-electron chi connectivity index (χ4n) is 1.63. The van der Waals surface area contributed by atoms with E-state index in [1.807, 2.05) is 22.6 Å². The molecular formula is C14H9BrFIO2. The second kappa shape index (κ2) is 6.00. The molecule has 5 heteroatoms. The average molecular weight is 435 g/mol. The predicted molar refractivity (Wildman–Crippen MR) is 83.2 cm³/mol. The summed E-state index contributed by atoms with van der Waals surface area (Å²) in [5.74, 6) is 0.158. The Bertz CT molecular complexity index is 643. The zero-order valence-electron chi connectivity index (χ0n) is 9.91. The third kappa shape index (κ3) is 3.14. The summed E-state index contributed by atoms with van der Waals surface area (Å²) in [4.78, 5) is 12.4. The van der Waals surface area contributed by atoms with Gasteiger partial charge < -0.3 is 4.74 Å². The second-order valence-electron chi connectivity index (χ2n) is 3.80. The summed E-state index contributed by atoms with van der Waals surface area (Å²) in [7, 11) is 1.56. The normalized spacial score (nSPS) is 10.3. The maximum Gasteiger partial charge on any atom is 0.195 e. The lowest BCUT2D eigenvalue weighted by molar-refractivity contribution is 0.103. The van der Waals surface area contributed by atoms with E-state index in [0.717, 1.165) is 0 Å². The van der Waals surface area contributed by atoms with Gasteiger partial charge in [-0.25, -0.2) is 4.39 Å². The van der Waals surface area contributed by atoms with Crippen LogP contribution >= 0.6 is 38.5 Å². The maximum absolute atomic E-state index is 13.0. The first kappa shape index (κ1) is 14.5. The van der Waals surface area contributed by atoms with E-state index in [1.54, 1.807) is 25.3 Å². The first-order valence-corrected chi connectivity index (χ1v) is 7.23. The van der Waals surface area contributed by atoms with Crippen molar-refractivity contribution in [3.05, 3.63) is 61.4 Å². The van der Waals surface area contributed by atoms with E-state index in [4.69, 9.17) is 4.74 Å². The summed E-state index contributed by atoms with van der Waals surface area (Å²) in [6, 6.07) is 9.25. The SMILES string of the molecule is COc1ccc(C(=O)c2ccc(F)cc2I)c(Br)c1. The van der Waals surface area contributed by atoms with E-state index >= 15 is 0 Å². The molecule has 0 N–H and O–H groups in total. The molecule has 2 nitrogen and oxygen atoms in total. The van der Waals surface area contributed by atoms with Crippen LogP contribution in [0.25, 0.3) is 0 Å². The molecule has 0 aliphatic heterocycles. The molecule has 2 aromatic rings. The van der Waals surface area contributed by atoms with Crippen LogP contribution < -0.4 is 4.74 Å². The van der Waals surface area contributed by atoms with E-state index in [0.29, 0.717) is 24.9 Å². The van der Waals surface area contributed by atoms with Gasteiger partial charge in [0.15, 0.2) is 5.78 Å².